The fourth-order valence-electron chi connectivity index (χ4n) is 2.12. The van der Waals surface area contributed by atoms with Crippen LogP contribution in [-0.2, 0) is 6.61 Å². The number of carbonyl (C=O) groups excluding carboxylic acids is 1. The van der Waals surface area contributed by atoms with E-state index < -0.39 is 6.04 Å². The van der Waals surface area contributed by atoms with Gasteiger partial charge < -0.3 is 14.8 Å². The highest BCUT2D eigenvalue weighted by Gasteiger charge is 2.17. The fraction of sp³-hybridized carbons (Fsp3) is 0.267. The van der Waals surface area contributed by atoms with E-state index in [1.807, 2.05) is 0 Å². The van der Waals surface area contributed by atoms with E-state index >= 15 is 0 Å². The number of tetrazole rings is 1. The molecule has 0 aliphatic heterocycles. The number of ether oxygens (including phenoxy) is 2. The first kappa shape index (κ1) is 17.7. The predicted octanol–water partition coefficient (Wildman–Crippen LogP) is 1.65. The molecule has 0 radical (unpaired) electrons. The lowest BCUT2D eigenvalue weighted by Crippen LogP contribution is -2.27. The van der Waals surface area contributed by atoms with Gasteiger partial charge in [0.2, 0.25) is 0 Å². The monoisotopic (exact) mass is 377 g/mol. The van der Waals surface area contributed by atoms with Crippen LogP contribution < -0.4 is 14.8 Å². The van der Waals surface area contributed by atoms with Crippen molar-refractivity contribution in [2.75, 3.05) is 7.11 Å². The van der Waals surface area contributed by atoms with Crippen LogP contribution in [0.2, 0.25) is 5.02 Å². The number of aromatic amines is 2. The second-order valence-electron chi connectivity index (χ2n) is 5.33. The first-order chi connectivity index (χ1) is 12.6. The predicted molar refractivity (Wildman–Crippen MR) is 91.0 cm³/mol. The minimum atomic E-state index is -0.407. The number of nitrogens with one attached hydrogen (secondary N) is 3. The van der Waals surface area contributed by atoms with Gasteiger partial charge in [-0.05, 0) is 25.1 Å². The maximum absolute atomic E-state index is 12.2. The molecule has 3 N–H and O–H groups in total. The number of aromatic nitrogens is 6. The molecule has 0 spiro atoms. The Bertz CT molecular complexity index is 881. The molecule has 1 aromatic carbocycles. The molecule has 3 rings (SSSR count). The van der Waals surface area contributed by atoms with E-state index in [0.717, 1.165) is 0 Å². The van der Waals surface area contributed by atoms with Crippen molar-refractivity contribution >= 4 is 17.5 Å². The molecule has 136 valence electrons. The van der Waals surface area contributed by atoms with Gasteiger partial charge >= 0.3 is 0 Å². The quantitative estimate of drug-likeness (QED) is 0.570. The molecule has 0 unspecified atom stereocenters. The average Bonchev–Trinajstić information content (AvgIpc) is 3.32. The molecule has 1 atom stereocenters. The lowest BCUT2D eigenvalue weighted by atomic mass is 10.3. The molecule has 26 heavy (non-hydrogen) atoms. The van der Waals surface area contributed by atoms with E-state index in [4.69, 9.17) is 21.1 Å². The lowest BCUT2D eigenvalue weighted by molar-refractivity contribution is 0.0933. The van der Waals surface area contributed by atoms with Gasteiger partial charge in [0, 0.05) is 6.07 Å². The normalized spacial score (nSPS) is 11.8. The molecular weight excluding hydrogens is 362 g/mol. The first-order valence-corrected chi connectivity index (χ1v) is 7.99. The number of benzene rings is 1. The number of methoxy groups -OCH3 is 1. The van der Waals surface area contributed by atoms with E-state index in [1.54, 1.807) is 38.3 Å². The second-order valence-corrected chi connectivity index (χ2v) is 5.74. The Hall–Kier alpha value is -3.14. The van der Waals surface area contributed by atoms with Gasteiger partial charge in [-0.1, -0.05) is 16.8 Å². The molecule has 10 nitrogen and oxygen atoms in total. The van der Waals surface area contributed by atoms with Gasteiger partial charge in [-0.3, -0.25) is 9.89 Å². The van der Waals surface area contributed by atoms with Crippen LogP contribution in [0.4, 0.5) is 0 Å². The number of rotatable bonds is 7. The summed E-state index contributed by atoms with van der Waals surface area (Å²) < 4.78 is 10.7. The molecule has 0 fully saturated rings. The van der Waals surface area contributed by atoms with Crippen LogP contribution in [0.1, 0.15) is 35.0 Å². The van der Waals surface area contributed by atoms with E-state index in [-0.39, 0.29) is 18.2 Å². The molecule has 1 amide bonds. The number of hydrogen-bond acceptors (Lipinski definition) is 7. The van der Waals surface area contributed by atoms with E-state index in [1.165, 1.54) is 0 Å². The summed E-state index contributed by atoms with van der Waals surface area (Å²) in [6.45, 7) is 1.91. The van der Waals surface area contributed by atoms with Crippen molar-refractivity contribution in [2.24, 2.45) is 0 Å². The average molecular weight is 378 g/mol. The SMILES string of the molecule is COc1ccc(OCc2cc(C(=O)N[C@H](C)c3nn[nH]n3)n[nH]2)c(Cl)c1. The standard InChI is InChI=1S/C15H16ClN7O3/c1-8(14-20-22-23-21-14)17-15(24)12-5-9(18-19-12)7-26-13-4-3-10(25-2)6-11(13)16/h3-6,8H,7H2,1-2H3,(H,17,24)(H,18,19)(H,20,21,22,23)/t8-/m1/s1. The Morgan fingerprint density at radius 1 is 1.35 bits per heavy atom. The number of carbonyl (C=O) groups is 1. The van der Waals surface area contributed by atoms with Crippen molar-refractivity contribution in [3.63, 3.8) is 0 Å². The Morgan fingerprint density at radius 2 is 2.19 bits per heavy atom. The van der Waals surface area contributed by atoms with Crippen molar-refractivity contribution in [1.29, 1.82) is 0 Å². The van der Waals surface area contributed by atoms with Crippen LogP contribution in [0.3, 0.4) is 0 Å². The molecule has 0 saturated carbocycles. The third kappa shape index (κ3) is 4.09. The summed E-state index contributed by atoms with van der Waals surface area (Å²) in [5, 5.41) is 23.3. The van der Waals surface area contributed by atoms with Crippen molar-refractivity contribution in [3.05, 3.63) is 46.5 Å². The molecule has 11 heteroatoms. The zero-order valence-corrected chi connectivity index (χ0v) is 14.7. The van der Waals surface area contributed by atoms with Crippen LogP contribution in [0.15, 0.2) is 24.3 Å². The summed E-state index contributed by atoms with van der Waals surface area (Å²) in [7, 11) is 1.56. The van der Waals surface area contributed by atoms with Gasteiger partial charge in [-0.25, -0.2) is 0 Å². The zero-order chi connectivity index (χ0) is 18.5. The molecule has 3 aromatic rings. The largest absolute Gasteiger partial charge is 0.497 e. The topological polar surface area (TPSA) is 131 Å². The maximum Gasteiger partial charge on any atom is 0.272 e. The van der Waals surface area contributed by atoms with Crippen molar-refractivity contribution < 1.29 is 14.3 Å². The van der Waals surface area contributed by atoms with E-state index in [9.17, 15) is 4.79 Å². The summed E-state index contributed by atoms with van der Waals surface area (Å²) in [6, 6.07) is 6.29. The number of nitrogens with zero attached hydrogens (tertiary/aromatic N) is 4. The number of amides is 1. The van der Waals surface area contributed by atoms with Crippen LogP contribution in [0.5, 0.6) is 11.5 Å². The highest BCUT2D eigenvalue weighted by molar-refractivity contribution is 6.32. The molecule has 2 aromatic heterocycles. The number of H-pyrrole nitrogens is 2. The maximum atomic E-state index is 12.2. The minimum absolute atomic E-state index is 0.173. The van der Waals surface area contributed by atoms with Crippen molar-refractivity contribution in [3.8, 4) is 11.5 Å². The third-order valence-electron chi connectivity index (χ3n) is 3.48. The Balaban J connectivity index is 1.58. The van der Waals surface area contributed by atoms with Gasteiger partial charge in [-0.15, -0.1) is 10.2 Å². The minimum Gasteiger partial charge on any atom is -0.497 e. The van der Waals surface area contributed by atoms with Gasteiger partial charge in [0.05, 0.1) is 23.9 Å². The van der Waals surface area contributed by atoms with E-state index in [2.05, 4.69) is 36.1 Å². The molecule has 0 aliphatic carbocycles. The highest BCUT2D eigenvalue weighted by Crippen LogP contribution is 2.29. The third-order valence-corrected chi connectivity index (χ3v) is 3.78. The van der Waals surface area contributed by atoms with Gasteiger partial charge in [0.1, 0.15) is 23.8 Å². The summed E-state index contributed by atoms with van der Waals surface area (Å²) in [5.74, 6) is 1.15. The number of hydrogen-bond donors (Lipinski definition) is 3. The Morgan fingerprint density at radius 3 is 2.88 bits per heavy atom. The fourth-order valence-corrected chi connectivity index (χ4v) is 2.35. The number of halogens is 1. The van der Waals surface area contributed by atoms with Crippen LogP contribution in [0.25, 0.3) is 0 Å². The smallest absolute Gasteiger partial charge is 0.272 e. The summed E-state index contributed by atoms with van der Waals surface area (Å²) in [5.41, 5.74) is 0.842. The van der Waals surface area contributed by atoms with Gasteiger partial charge in [0.25, 0.3) is 5.91 Å². The van der Waals surface area contributed by atoms with Gasteiger partial charge in [0.15, 0.2) is 5.82 Å². The first-order valence-electron chi connectivity index (χ1n) is 7.61. The summed E-state index contributed by atoms with van der Waals surface area (Å²) in [6.07, 6.45) is 0. The lowest BCUT2D eigenvalue weighted by Gasteiger charge is -2.08. The summed E-state index contributed by atoms with van der Waals surface area (Å²) in [4.78, 5) is 12.2. The van der Waals surface area contributed by atoms with Crippen LogP contribution in [-0.4, -0.2) is 43.8 Å². The molecule has 0 bridgehead atoms. The molecule has 0 aliphatic rings. The molecule has 0 saturated heterocycles. The molecular formula is C15H16ClN7O3. The van der Waals surface area contributed by atoms with Gasteiger partial charge in [-0.2, -0.15) is 10.3 Å². The Kier molecular flexibility index (Phi) is 5.32. The highest BCUT2D eigenvalue weighted by atomic mass is 35.5. The van der Waals surface area contributed by atoms with Crippen molar-refractivity contribution in [1.82, 2.24) is 36.1 Å². The zero-order valence-electron chi connectivity index (χ0n) is 14.0. The molecule has 2 heterocycles. The van der Waals surface area contributed by atoms with Crippen LogP contribution in [0, 0.1) is 0 Å². The van der Waals surface area contributed by atoms with Crippen LogP contribution >= 0.6 is 11.6 Å². The second kappa shape index (κ2) is 7.83. The van der Waals surface area contributed by atoms with Crippen molar-refractivity contribution in [2.45, 2.75) is 19.6 Å². The van der Waals surface area contributed by atoms with E-state index in [0.29, 0.717) is 28.0 Å². The Labute approximate surface area is 153 Å². The summed E-state index contributed by atoms with van der Waals surface area (Å²) >= 11 is 6.12.